The Morgan fingerprint density at radius 2 is 1.80 bits per heavy atom. The lowest BCUT2D eigenvalue weighted by molar-refractivity contribution is -0.203. The third kappa shape index (κ3) is 6.89. The van der Waals surface area contributed by atoms with Crippen LogP contribution in [0.5, 0.6) is 0 Å². The molecule has 2 saturated heterocycles. The first-order valence-electron chi connectivity index (χ1n) is 15.8. The summed E-state index contributed by atoms with van der Waals surface area (Å²) in [5.74, 6) is -5.11. The van der Waals surface area contributed by atoms with Crippen LogP contribution in [-0.2, 0) is 28.6 Å². The summed E-state index contributed by atoms with van der Waals surface area (Å²) in [5, 5.41) is 14.3. The Morgan fingerprint density at radius 3 is 2.49 bits per heavy atom. The molecule has 0 spiro atoms. The molecule has 1 aromatic carbocycles. The fraction of sp³-hybridized carbons (Fsp3) is 0.600. The molecule has 2 aliphatic rings. The zero-order chi connectivity index (χ0) is 33.3. The number of aliphatic hydroxyl groups is 1. The SMILES string of the molecule is CC[C@H]1OC(=O)[C@@](C)(F)C(=O)[C@H](C)[C@@H](C)[C@](C)(OC/C=C/c2cnc3ccccc3c2)C[C@@H](C)C(=O)[C@H](C)[C@H]2NC(O)O[C@@]21C. The molecule has 0 aliphatic carbocycles. The molecule has 0 radical (unpaired) electrons. The Labute approximate surface area is 264 Å². The van der Waals surface area contributed by atoms with E-state index in [4.69, 9.17) is 14.2 Å². The molecule has 0 saturated carbocycles. The van der Waals surface area contributed by atoms with Crippen LogP contribution in [0.3, 0.4) is 0 Å². The summed E-state index contributed by atoms with van der Waals surface area (Å²) >= 11 is 0. The first kappa shape index (κ1) is 34.8. The van der Waals surface area contributed by atoms with Gasteiger partial charge in [0.15, 0.2) is 5.78 Å². The molecule has 246 valence electrons. The maximum Gasteiger partial charge on any atom is 0.351 e. The zero-order valence-electron chi connectivity index (χ0n) is 27.5. The second-order valence-corrected chi connectivity index (χ2v) is 13.3. The number of para-hydroxylation sites is 1. The Hall–Kier alpha value is -3.05. The molecule has 1 aromatic heterocycles. The average molecular weight is 627 g/mol. The molecule has 0 bridgehead atoms. The number of ketones is 2. The van der Waals surface area contributed by atoms with Crippen LogP contribution in [0.1, 0.15) is 73.8 Å². The molecule has 2 aromatic rings. The molecular weight excluding hydrogens is 579 g/mol. The number of Topliss-reactive ketones (excluding diaryl/α,β-unsaturated/α-hetero) is 2. The van der Waals surface area contributed by atoms with E-state index >= 15 is 4.39 Å². The third-order valence-electron chi connectivity index (χ3n) is 10.1. The van der Waals surface area contributed by atoms with Gasteiger partial charge in [-0.1, -0.05) is 65.0 Å². The minimum absolute atomic E-state index is 0.108. The summed E-state index contributed by atoms with van der Waals surface area (Å²) in [6.45, 7) is 13.1. The van der Waals surface area contributed by atoms with Gasteiger partial charge in [0.25, 0.3) is 5.67 Å². The molecule has 0 amide bonds. The number of cyclic esters (lactones) is 1. The maximum absolute atomic E-state index is 16.1. The van der Waals surface area contributed by atoms with Gasteiger partial charge in [-0.2, -0.15) is 0 Å². The predicted molar refractivity (Wildman–Crippen MR) is 169 cm³/mol. The number of fused-ring (bicyclic) bond motifs is 2. The molecule has 2 fully saturated rings. The third-order valence-corrected chi connectivity index (χ3v) is 10.1. The van der Waals surface area contributed by atoms with Gasteiger partial charge in [0.2, 0.25) is 6.41 Å². The van der Waals surface area contributed by atoms with Gasteiger partial charge < -0.3 is 19.3 Å². The van der Waals surface area contributed by atoms with Crippen LogP contribution in [-0.4, -0.2) is 69.7 Å². The van der Waals surface area contributed by atoms with E-state index in [0.717, 1.165) is 23.4 Å². The Kier molecular flexibility index (Phi) is 10.3. The van der Waals surface area contributed by atoms with Gasteiger partial charge >= 0.3 is 5.97 Å². The highest BCUT2D eigenvalue weighted by Gasteiger charge is 2.57. The highest BCUT2D eigenvalue weighted by Crippen LogP contribution is 2.41. The molecule has 2 aliphatic heterocycles. The van der Waals surface area contributed by atoms with E-state index in [1.54, 1.807) is 40.8 Å². The van der Waals surface area contributed by atoms with Crippen molar-refractivity contribution in [1.29, 1.82) is 0 Å². The number of aromatic nitrogens is 1. The summed E-state index contributed by atoms with van der Waals surface area (Å²) in [4.78, 5) is 45.3. The summed E-state index contributed by atoms with van der Waals surface area (Å²) in [7, 11) is 0. The van der Waals surface area contributed by atoms with Crippen LogP contribution in [0, 0.1) is 23.7 Å². The van der Waals surface area contributed by atoms with Crippen molar-refractivity contribution >= 4 is 34.5 Å². The number of rotatable bonds is 5. The van der Waals surface area contributed by atoms with Crippen molar-refractivity contribution in [3.8, 4) is 0 Å². The molecule has 3 heterocycles. The first-order valence-corrected chi connectivity index (χ1v) is 15.8. The lowest BCUT2D eigenvalue weighted by atomic mass is 9.70. The van der Waals surface area contributed by atoms with Crippen LogP contribution < -0.4 is 5.32 Å². The number of alkyl halides is 1. The molecular formula is C35H47FN2O7. The zero-order valence-corrected chi connectivity index (χ0v) is 27.5. The second-order valence-electron chi connectivity index (χ2n) is 13.3. The average Bonchev–Trinajstić information content (AvgIpc) is 3.33. The molecule has 45 heavy (non-hydrogen) atoms. The van der Waals surface area contributed by atoms with E-state index in [-0.39, 0.29) is 25.2 Å². The number of benzene rings is 1. The Balaban J connectivity index is 1.66. The number of hydrogen-bond acceptors (Lipinski definition) is 9. The van der Waals surface area contributed by atoms with Crippen LogP contribution >= 0.6 is 0 Å². The van der Waals surface area contributed by atoms with Crippen LogP contribution in [0.15, 0.2) is 42.6 Å². The number of halogens is 1. The molecule has 4 rings (SSSR count). The topological polar surface area (TPSA) is 124 Å². The van der Waals surface area contributed by atoms with E-state index in [9.17, 15) is 19.5 Å². The highest BCUT2D eigenvalue weighted by molar-refractivity contribution is 6.07. The van der Waals surface area contributed by atoms with E-state index in [1.165, 1.54) is 0 Å². The van der Waals surface area contributed by atoms with Gasteiger partial charge in [-0.05, 0) is 57.2 Å². The van der Waals surface area contributed by atoms with Gasteiger partial charge in [0, 0.05) is 29.3 Å². The number of carbonyl (C=O) groups is 3. The predicted octanol–water partition coefficient (Wildman–Crippen LogP) is 5.18. The number of pyridine rings is 1. The number of esters is 1. The first-order chi connectivity index (χ1) is 21.0. The number of aliphatic hydroxyl groups excluding tert-OH is 1. The van der Waals surface area contributed by atoms with Crippen molar-refractivity contribution in [3.05, 3.63) is 48.2 Å². The summed E-state index contributed by atoms with van der Waals surface area (Å²) in [5.41, 5.74) is -3.60. The van der Waals surface area contributed by atoms with Crippen molar-refractivity contribution in [2.75, 3.05) is 6.61 Å². The van der Waals surface area contributed by atoms with Crippen LogP contribution in [0.4, 0.5) is 4.39 Å². The second kappa shape index (κ2) is 13.4. The van der Waals surface area contributed by atoms with Gasteiger partial charge in [-0.25, -0.2) is 9.18 Å². The molecule has 2 N–H and O–H groups in total. The van der Waals surface area contributed by atoms with E-state index in [1.807, 2.05) is 56.3 Å². The molecule has 1 unspecified atom stereocenters. The number of ether oxygens (including phenoxy) is 3. The molecule has 10 heteroatoms. The fourth-order valence-electron chi connectivity index (χ4n) is 7.01. The number of carbonyl (C=O) groups excluding carboxylic acids is 3. The van der Waals surface area contributed by atoms with Crippen LogP contribution in [0.25, 0.3) is 17.0 Å². The largest absolute Gasteiger partial charge is 0.457 e. The van der Waals surface area contributed by atoms with E-state index in [2.05, 4.69) is 10.3 Å². The fourth-order valence-corrected chi connectivity index (χ4v) is 7.01. The Bertz CT molecular complexity index is 1450. The highest BCUT2D eigenvalue weighted by atomic mass is 19.1. The maximum atomic E-state index is 16.1. The lowest BCUT2D eigenvalue weighted by Crippen LogP contribution is -2.58. The van der Waals surface area contributed by atoms with Crippen molar-refractivity contribution in [2.45, 2.75) is 104 Å². The minimum atomic E-state index is -2.95. The van der Waals surface area contributed by atoms with E-state index < -0.39 is 70.9 Å². The van der Waals surface area contributed by atoms with Crippen molar-refractivity contribution in [3.63, 3.8) is 0 Å². The minimum Gasteiger partial charge on any atom is -0.457 e. The van der Waals surface area contributed by atoms with Gasteiger partial charge in [-0.15, -0.1) is 0 Å². The normalized spacial score (nSPS) is 38.7. The number of hydrogen-bond donors (Lipinski definition) is 2. The van der Waals surface area contributed by atoms with Crippen LogP contribution in [0.2, 0.25) is 0 Å². The molecule has 10 atom stereocenters. The number of nitrogens with one attached hydrogen (secondary N) is 1. The van der Waals surface area contributed by atoms with Gasteiger partial charge in [0.1, 0.15) is 17.5 Å². The van der Waals surface area contributed by atoms with Gasteiger partial charge in [-0.3, -0.25) is 19.9 Å². The van der Waals surface area contributed by atoms with Crippen molar-refractivity contribution in [1.82, 2.24) is 10.3 Å². The number of nitrogens with zero attached hydrogens (tertiary/aromatic N) is 1. The Morgan fingerprint density at radius 1 is 1.11 bits per heavy atom. The standard InChI is InChI=1S/C35H47FN2O7/c1-9-27-35(8)29(38-32(42)45-35)22(4)28(39)20(2)18-33(6,23(5)21(3)30(40)34(7,36)31(41)44-27)43-16-12-13-24-17-25-14-10-11-15-26(25)37-19-24/h10-15,17,19-23,27,29,32,38,42H,9,16,18H2,1-8H3/b13-12+/t20-,21-,22+,23-,27-,29-,32?,33-,34+,35-/m1/s1. The summed E-state index contributed by atoms with van der Waals surface area (Å²) in [6.07, 6.45) is 3.46. The lowest BCUT2D eigenvalue weighted by Gasteiger charge is -2.43. The van der Waals surface area contributed by atoms with E-state index in [0.29, 0.717) is 0 Å². The monoisotopic (exact) mass is 626 g/mol. The summed E-state index contributed by atoms with van der Waals surface area (Å²) < 4.78 is 34.0. The molecule has 9 nitrogen and oxygen atoms in total. The van der Waals surface area contributed by atoms with Crippen molar-refractivity contribution < 1.29 is 38.1 Å². The van der Waals surface area contributed by atoms with Gasteiger partial charge in [0.05, 0.1) is 23.8 Å². The smallest absolute Gasteiger partial charge is 0.351 e. The van der Waals surface area contributed by atoms with Crippen molar-refractivity contribution in [2.24, 2.45) is 23.7 Å². The quantitative estimate of drug-likeness (QED) is 0.341. The summed E-state index contributed by atoms with van der Waals surface area (Å²) in [6, 6.07) is 9.07.